The summed E-state index contributed by atoms with van der Waals surface area (Å²) in [6.45, 7) is 7.10. The third-order valence-corrected chi connectivity index (χ3v) is 3.76. The van der Waals surface area contributed by atoms with Crippen molar-refractivity contribution in [1.29, 1.82) is 0 Å². The SMILES string of the molecule is CCCCCCCC1[CH-]C(C)CC(C)C1.[Ce]. The Labute approximate surface area is 137 Å². The first-order valence-electron chi connectivity index (χ1n) is 7.07. The van der Waals surface area contributed by atoms with Gasteiger partial charge in [-0.1, -0.05) is 72.1 Å². The minimum Gasteiger partial charge on any atom is -0.323 e. The maximum Gasteiger partial charge on any atom is 0 e. The third kappa shape index (κ3) is 7.65. The van der Waals surface area contributed by atoms with Crippen LogP contribution in [-0.2, 0) is 0 Å². The standard InChI is InChI=1S/C15H29.Ce/c1-4-5-6-7-8-9-15-11-13(2)10-14(3)12-15;/h11,13-15H,4-10,12H2,1-3H3;/q-1;. The molecule has 1 aliphatic rings. The Kier molecular flexibility index (Phi) is 11.2. The molecular formula is C15H29Ce-. The first kappa shape index (κ1) is 17.4. The summed E-state index contributed by atoms with van der Waals surface area (Å²) in [7, 11) is 0. The summed E-state index contributed by atoms with van der Waals surface area (Å²) in [6, 6.07) is 0. The van der Waals surface area contributed by atoms with Gasteiger partial charge >= 0.3 is 0 Å². The molecule has 0 saturated heterocycles. The maximum absolute atomic E-state index is 2.62. The van der Waals surface area contributed by atoms with E-state index in [0.29, 0.717) is 0 Å². The van der Waals surface area contributed by atoms with Gasteiger partial charge in [0, 0.05) is 41.7 Å². The van der Waals surface area contributed by atoms with Crippen molar-refractivity contribution in [2.24, 2.45) is 17.8 Å². The third-order valence-electron chi connectivity index (χ3n) is 3.76. The molecule has 94 valence electrons. The Morgan fingerprint density at radius 1 is 1.00 bits per heavy atom. The van der Waals surface area contributed by atoms with E-state index >= 15 is 0 Å². The van der Waals surface area contributed by atoms with E-state index < -0.39 is 0 Å². The van der Waals surface area contributed by atoms with Gasteiger partial charge in [0.2, 0.25) is 0 Å². The van der Waals surface area contributed by atoms with Gasteiger partial charge in [-0.05, 0) is 5.92 Å². The van der Waals surface area contributed by atoms with Gasteiger partial charge in [0.05, 0.1) is 0 Å². The first-order chi connectivity index (χ1) is 7.22. The molecule has 1 heteroatoms. The minimum atomic E-state index is 0. The summed E-state index contributed by atoms with van der Waals surface area (Å²) in [4.78, 5) is 0. The van der Waals surface area contributed by atoms with E-state index in [-0.39, 0.29) is 41.7 Å². The summed E-state index contributed by atoms with van der Waals surface area (Å²) in [5.41, 5.74) is 0. The molecule has 0 heterocycles. The molecule has 0 aliphatic heterocycles. The van der Waals surface area contributed by atoms with E-state index in [1.165, 1.54) is 51.4 Å². The number of hydrogen-bond acceptors (Lipinski definition) is 0. The van der Waals surface area contributed by atoms with Gasteiger partial charge < -0.3 is 6.42 Å². The fourth-order valence-electron chi connectivity index (χ4n) is 3.09. The summed E-state index contributed by atoms with van der Waals surface area (Å²) in [5.74, 6) is 2.77. The number of unbranched alkanes of at least 4 members (excludes halogenated alkanes) is 4. The van der Waals surface area contributed by atoms with Gasteiger partial charge in [0.25, 0.3) is 0 Å². The molecule has 0 nitrogen and oxygen atoms in total. The summed E-state index contributed by atoms with van der Waals surface area (Å²) < 4.78 is 0. The van der Waals surface area contributed by atoms with Crippen molar-refractivity contribution >= 4 is 0 Å². The van der Waals surface area contributed by atoms with Crippen LogP contribution in [0, 0.1) is 65.9 Å². The van der Waals surface area contributed by atoms with Crippen LogP contribution in [0.25, 0.3) is 0 Å². The first-order valence-corrected chi connectivity index (χ1v) is 7.07. The topological polar surface area (TPSA) is 0 Å². The second kappa shape index (κ2) is 10.3. The van der Waals surface area contributed by atoms with Crippen molar-refractivity contribution in [3.63, 3.8) is 0 Å². The monoisotopic (exact) mass is 349 g/mol. The van der Waals surface area contributed by atoms with E-state index in [0.717, 1.165) is 17.8 Å². The van der Waals surface area contributed by atoms with Crippen LogP contribution >= 0.6 is 0 Å². The van der Waals surface area contributed by atoms with Gasteiger partial charge in [0.15, 0.2) is 0 Å². The molecule has 1 saturated carbocycles. The molecule has 0 amide bonds. The van der Waals surface area contributed by atoms with Crippen LogP contribution < -0.4 is 0 Å². The molecule has 0 spiro atoms. The van der Waals surface area contributed by atoms with Crippen LogP contribution in [0.3, 0.4) is 0 Å². The molecule has 1 rings (SSSR count). The summed E-state index contributed by atoms with van der Waals surface area (Å²) >= 11 is 0. The summed E-state index contributed by atoms with van der Waals surface area (Å²) in [6.07, 6.45) is 14.1. The Bertz CT molecular complexity index is 146. The fourth-order valence-corrected chi connectivity index (χ4v) is 3.09. The molecule has 3 atom stereocenters. The Morgan fingerprint density at radius 3 is 2.31 bits per heavy atom. The van der Waals surface area contributed by atoms with E-state index in [4.69, 9.17) is 0 Å². The van der Waals surface area contributed by atoms with Crippen LogP contribution in [0.15, 0.2) is 0 Å². The van der Waals surface area contributed by atoms with Gasteiger partial charge in [-0.25, -0.2) is 0 Å². The van der Waals surface area contributed by atoms with E-state index in [9.17, 15) is 0 Å². The molecule has 0 bridgehead atoms. The number of rotatable bonds is 6. The van der Waals surface area contributed by atoms with Crippen LogP contribution in [0.5, 0.6) is 0 Å². The zero-order chi connectivity index (χ0) is 11.1. The molecule has 0 N–H and O–H groups in total. The van der Waals surface area contributed by atoms with Crippen LogP contribution in [0.2, 0.25) is 0 Å². The normalized spacial score (nSPS) is 29.8. The van der Waals surface area contributed by atoms with E-state index in [2.05, 4.69) is 27.2 Å². The van der Waals surface area contributed by atoms with Crippen LogP contribution in [0.4, 0.5) is 0 Å². The van der Waals surface area contributed by atoms with Crippen molar-refractivity contribution in [3.05, 3.63) is 6.42 Å². The summed E-state index contributed by atoms with van der Waals surface area (Å²) in [5, 5.41) is 0. The molecule has 0 aromatic rings. The second-order valence-electron chi connectivity index (χ2n) is 5.71. The smallest absolute Gasteiger partial charge is 0 e. The predicted molar refractivity (Wildman–Crippen MR) is 68.7 cm³/mol. The Hall–Kier alpha value is 1.38. The molecule has 1 fully saturated rings. The van der Waals surface area contributed by atoms with Crippen molar-refractivity contribution in [3.8, 4) is 0 Å². The Balaban J connectivity index is 0.00000225. The van der Waals surface area contributed by atoms with Crippen molar-refractivity contribution < 1.29 is 41.7 Å². The fraction of sp³-hybridized carbons (Fsp3) is 0.933. The molecular weight excluding hydrogens is 320 g/mol. The quantitative estimate of drug-likeness (QED) is 0.455. The van der Waals surface area contributed by atoms with Crippen molar-refractivity contribution in [2.45, 2.75) is 72.1 Å². The molecule has 16 heavy (non-hydrogen) atoms. The minimum absolute atomic E-state index is 0. The van der Waals surface area contributed by atoms with Crippen molar-refractivity contribution in [1.82, 2.24) is 0 Å². The van der Waals surface area contributed by atoms with Gasteiger partial charge in [-0.15, -0.1) is 0 Å². The zero-order valence-electron chi connectivity index (χ0n) is 11.5. The largest absolute Gasteiger partial charge is 0.323 e. The number of hydrogen-bond donors (Lipinski definition) is 0. The average molecular weight is 350 g/mol. The van der Waals surface area contributed by atoms with Gasteiger partial charge in [-0.2, -0.15) is 11.8 Å². The zero-order valence-corrected chi connectivity index (χ0v) is 14.6. The predicted octanol–water partition coefficient (Wildman–Crippen LogP) is 5.23. The van der Waals surface area contributed by atoms with Crippen LogP contribution in [-0.4, -0.2) is 0 Å². The second-order valence-corrected chi connectivity index (χ2v) is 5.71. The molecule has 1 aliphatic carbocycles. The molecule has 3 unspecified atom stereocenters. The van der Waals surface area contributed by atoms with Gasteiger partial charge in [0.1, 0.15) is 0 Å². The van der Waals surface area contributed by atoms with Crippen molar-refractivity contribution in [2.75, 3.05) is 0 Å². The van der Waals surface area contributed by atoms with E-state index in [1.54, 1.807) is 0 Å². The van der Waals surface area contributed by atoms with Crippen LogP contribution in [0.1, 0.15) is 72.1 Å². The van der Waals surface area contributed by atoms with E-state index in [1.807, 2.05) is 0 Å². The Morgan fingerprint density at radius 2 is 1.69 bits per heavy atom. The van der Waals surface area contributed by atoms with Gasteiger partial charge in [-0.3, -0.25) is 0 Å². The molecule has 0 aromatic heterocycles. The molecule has 0 radical (unpaired) electrons. The average Bonchev–Trinajstić information content (AvgIpc) is 2.16. The maximum atomic E-state index is 2.62. The molecule has 0 aromatic carbocycles.